The van der Waals surface area contributed by atoms with Gasteiger partial charge in [0.25, 0.3) is 10.0 Å². The molecule has 3 heterocycles. The highest BCUT2D eigenvalue weighted by molar-refractivity contribution is 7.91. The molecule has 28 heavy (non-hydrogen) atoms. The smallest absolute Gasteiger partial charge is 0.207 e. The van der Waals surface area contributed by atoms with Crippen molar-refractivity contribution in [3.63, 3.8) is 0 Å². The zero-order chi connectivity index (χ0) is 19.9. The molecule has 3 aromatic rings. The van der Waals surface area contributed by atoms with E-state index in [0.717, 1.165) is 22.4 Å². The molecule has 0 N–H and O–H groups in total. The van der Waals surface area contributed by atoms with Crippen LogP contribution in [0.25, 0.3) is 10.6 Å². The van der Waals surface area contributed by atoms with Gasteiger partial charge in [-0.3, -0.25) is 0 Å². The minimum Gasteiger partial charge on any atom is -0.207 e. The number of benzene rings is 1. The van der Waals surface area contributed by atoms with E-state index in [2.05, 4.69) is 10.2 Å². The second-order valence-corrected chi connectivity index (χ2v) is 11.2. The summed E-state index contributed by atoms with van der Waals surface area (Å²) in [5, 5.41) is 9.30. The van der Waals surface area contributed by atoms with Crippen LogP contribution in [0.15, 0.2) is 34.5 Å². The molecule has 0 bridgehead atoms. The van der Waals surface area contributed by atoms with Crippen LogP contribution in [0.1, 0.15) is 23.8 Å². The quantitative estimate of drug-likeness (QED) is 0.561. The molecule has 1 aliphatic rings. The van der Waals surface area contributed by atoms with Crippen molar-refractivity contribution in [2.24, 2.45) is 0 Å². The molecule has 148 valence electrons. The Hall–Kier alpha value is -1.46. The number of halogens is 3. The first kappa shape index (κ1) is 19.8. The molecule has 5 nitrogen and oxygen atoms in total. The van der Waals surface area contributed by atoms with Gasteiger partial charge < -0.3 is 0 Å². The maximum absolute atomic E-state index is 14.0. The first-order chi connectivity index (χ1) is 13.3. The van der Waals surface area contributed by atoms with E-state index in [9.17, 15) is 17.2 Å². The standard InChI is InChI=1S/C17H14ClF2N3O2S3/c18-14-3-4-15(26-14)28(24,25)23-7-5-10(6-8-23)16-21-22-17(27-16)12-2-1-11(19)9-13(12)20/h1-4,9-10H,5-8H2. The zero-order valence-electron chi connectivity index (χ0n) is 14.3. The van der Waals surface area contributed by atoms with Gasteiger partial charge in [-0.05, 0) is 37.1 Å². The molecule has 1 aliphatic heterocycles. The van der Waals surface area contributed by atoms with Crippen molar-refractivity contribution in [3.8, 4) is 10.6 Å². The fourth-order valence-electron chi connectivity index (χ4n) is 3.08. The van der Waals surface area contributed by atoms with E-state index in [1.165, 1.54) is 33.8 Å². The van der Waals surface area contributed by atoms with Gasteiger partial charge in [0, 0.05) is 30.6 Å². The molecular formula is C17H14ClF2N3O2S3. The van der Waals surface area contributed by atoms with Gasteiger partial charge in [-0.2, -0.15) is 4.31 Å². The van der Waals surface area contributed by atoms with Crippen molar-refractivity contribution >= 4 is 44.3 Å². The van der Waals surface area contributed by atoms with Crippen LogP contribution in [-0.2, 0) is 10.0 Å². The van der Waals surface area contributed by atoms with Crippen molar-refractivity contribution in [2.45, 2.75) is 23.0 Å². The van der Waals surface area contributed by atoms with E-state index in [1.54, 1.807) is 6.07 Å². The van der Waals surface area contributed by atoms with Crippen molar-refractivity contribution in [1.82, 2.24) is 14.5 Å². The fraction of sp³-hybridized carbons (Fsp3) is 0.294. The van der Waals surface area contributed by atoms with Gasteiger partial charge in [0.1, 0.15) is 20.9 Å². The number of thiophene rings is 1. The molecule has 1 saturated heterocycles. The normalized spacial score (nSPS) is 16.5. The zero-order valence-corrected chi connectivity index (χ0v) is 17.5. The lowest BCUT2D eigenvalue weighted by Crippen LogP contribution is -2.37. The van der Waals surface area contributed by atoms with Gasteiger partial charge in [-0.15, -0.1) is 21.5 Å². The van der Waals surface area contributed by atoms with Gasteiger partial charge >= 0.3 is 0 Å². The molecule has 1 aromatic carbocycles. The Morgan fingerprint density at radius 3 is 2.46 bits per heavy atom. The average Bonchev–Trinajstić information content (AvgIpc) is 3.31. The van der Waals surface area contributed by atoms with Crippen LogP contribution in [0, 0.1) is 11.6 Å². The lowest BCUT2D eigenvalue weighted by Gasteiger charge is -2.29. The summed E-state index contributed by atoms with van der Waals surface area (Å²) < 4.78 is 54.5. The van der Waals surface area contributed by atoms with Crippen LogP contribution in [-0.4, -0.2) is 36.0 Å². The third-order valence-electron chi connectivity index (χ3n) is 4.55. The van der Waals surface area contributed by atoms with E-state index < -0.39 is 21.7 Å². The number of hydrogen-bond acceptors (Lipinski definition) is 6. The van der Waals surface area contributed by atoms with Crippen LogP contribution >= 0.6 is 34.3 Å². The predicted octanol–water partition coefficient (Wildman–Crippen LogP) is 4.77. The van der Waals surface area contributed by atoms with E-state index in [0.29, 0.717) is 35.3 Å². The summed E-state index contributed by atoms with van der Waals surface area (Å²) in [5.41, 5.74) is 0.208. The molecule has 0 amide bonds. The number of hydrogen-bond donors (Lipinski definition) is 0. The summed E-state index contributed by atoms with van der Waals surface area (Å²) in [6.45, 7) is 0.727. The number of sulfonamides is 1. The van der Waals surface area contributed by atoms with Crippen LogP contribution in [0.4, 0.5) is 8.78 Å². The molecular weight excluding hydrogens is 448 g/mol. The van der Waals surface area contributed by atoms with E-state index in [1.807, 2.05) is 0 Å². The predicted molar refractivity (Wildman–Crippen MR) is 105 cm³/mol. The maximum atomic E-state index is 14.0. The molecule has 0 atom stereocenters. The molecule has 11 heteroatoms. The summed E-state index contributed by atoms with van der Waals surface area (Å²) in [6, 6.07) is 6.43. The number of rotatable bonds is 4. The van der Waals surface area contributed by atoms with Gasteiger partial charge in [0.2, 0.25) is 0 Å². The molecule has 0 unspecified atom stereocenters. The highest BCUT2D eigenvalue weighted by atomic mass is 35.5. The summed E-state index contributed by atoms with van der Waals surface area (Å²) in [4.78, 5) is 0. The Bertz CT molecular complexity index is 1110. The van der Waals surface area contributed by atoms with Crippen molar-refractivity contribution in [2.75, 3.05) is 13.1 Å². The maximum Gasteiger partial charge on any atom is 0.252 e. The third-order valence-corrected chi connectivity index (χ3v) is 9.26. The molecule has 0 saturated carbocycles. The Morgan fingerprint density at radius 2 is 1.82 bits per heavy atom. The van der Waals surface area contributed by atoms with Gasteiger partial charge in [0.05, 0.1) is 4.34 Å². The third kappa shape index (κ3) is 3.84. The molecule has 4 rings (SSSR count). The minimum absolute atomic E-state index is 0.0492. The van der Waals surface area contributed by atoms with Gasteiger partial charge in [-0.25, -0.2) is 17.2 Å². The summed E-state index contributed by atoms with van der Waals surface area (Å²) in [7, 11) is -3.54. The van der Waals surface area contributed by atoms with E-state index in [-0.39, 0.29) is 15.7 Å². The summed E-state index contributed by atoms with van der Waals surface area (Å²) in [5.74, 6) is -1.28. The first-order valence-electron chi connectivity index (χ1n) is 8.39. The molecule has 2 aromatic heterocycles. The van der Waals surface area contributed by atoms with Crippen LogP contribution in [0.2, 0.25) is 4.34 Å². The monoisotopic (exact) mass is 461 g/mol. The summed E-state index contributed by atoms with van der Waals surface area (Å²) in [6.07, 6.45) is 1.19. The number of aromatic nitrogens is 2. The lowest BCUT2D eigenvalue weighted by atomic mass is 9.99. The SMILES string of the molecule is O=S(=O)(c1ccc(Cl)s1)N1CCC(c2nnc(-c3ccc(F)cc3F)s2)CC1. The second kappa shape index (κ2) is 7.75. The average molecular weight is 462 g/mol. The van der Waals surface area contributed by atoms with Crippen LogP contribution in [0.5, 0.6) is 0 Å². The number of nitrogens with zero attached hydrogens (tertiary/aromatic N) is 3. The largest absolute Gasteiger partial charge is 0.252 e. The Kier molecular flexibility index (Phi) is 5.49. The molecule has 0 aliphatic carbocycles. The Labute approximate surface area is 173 Å². The van der Waals surface area contributed by atoms with Crippen molar-refractivity contribution in [3.05, 3.63) is 51.3 Å². The van der Waals surface area contributed by atoms with Gasteiger partial charge in [-0.1, -0.05) is 22.9 Å². The highest BCUT2D eigenvalue weighted by Crippen LogP contribution is 2.36. The fourth-order valence-corrected chi connectivity index (χ4v) is 7.22. The van der Waals surface area contributed by atoms with Crippen molar-refractivity contribution < 1.29 is 17.2 Å². The van der Waals surface area contributed by atoms with Gasteiger partial charge in [0.15, 0.2) is 5.01 Å². The first-order valence-corrected chi connectivity index (χ1v) is 11.8. The summed E-state index contributed by atoms with van der Waals surface area (Å²) >= 11 is 8.15. The molecule has 0 radical (unpaired) electrons. The topological polar surface area (TPSA) is 63.2 Å². The Morgan fingerprint density at radius 1 is 1.07 bits per heavy atom. The van der Waals surface area contributed by atoms with Crippen molar-refractivity contribution in [1.29, 1.82) is 0 Å². The molecule has 1 fully saturated rings. The molecule has 0 spiro atoms. The number of piperidine rings is 1. The van der Waals surface area contributed by atoms with E-state index >= 15 is 0 Å². The van der Waals surface area contributed by atoms with Crippen LogP contribution < -0.4 is 0 Å². The Balaban J connectivity index is 1.47. The highest BCUT2D eigenvalue weighted by Gasteiger charge is 2.32. The van der Waals surface area contributed by atoms with Crippen LogP contribution in [0.3, 0.4) is 0 Å². The second-order valence-electron chi connectivity index (χ2n) is 6.31. The van der Waals surface area contributed by atoms with E-state index in [4.69, 9.17) is 11.6 Å². The lowest BCUT2D eigenvalue weighted by molar-refractivity contribution is 0.319. The minimum atomic E-state index is -3.54.